The van der Waals surface area contributed by atoms with Gasteiger partial charge in [-0.15, -0.1) is 11.3 Å². The molecule has 2 unspecified atom stereocenters. The van der Waals surface area contributed by atoms with Crippen LogP contribution in [0.5, 0.6) is 0 Å². The monoisotopic (exact) mass is 365 g/mol. The molecule has 0 aromatic carbocycles. The number of hydrogen-bond donors (Lipinski definition) is 1. The van der Waals surface area contributed by atoms with E-state index in [2.05, 4.69) is 21.7 Å². The molecule has 7 heteroatoms. The van der Waals surface area contributed by atoms with E-state index in [1.165, 1.54) is 4.88 Å². The zero-order chi connectivity index (χ0) is 17.6. The Morgan fingerprint density at radius 3 is 2.80 bits per heavy atom. The van der Waals surface area contributed by atoms with Gasteiger partial charge in [0.05, 0.1) is 6.04 Å². The van der Waals surface area contributed by atoms with Gasteiger partial charge in [0.2, 0.25) is 5.91 Å². The third-order valence-electron chi connectivity index (χ3n) is 5.01. The molecule has 0 spiro atoms. The van der Waals surface area contributed by atoms with Crippen molar-refractivity contribution in [2.75, 3.05) is 39.3 Å². The molecule has 2 saturated heterocycles. The number of ether oxygens (including phenoxy) is 1. The van der Waals surface area contributed by atoms with Crippen LogP contribution in [0, 0.1) is 0 Å². The van der Waals surface area contributed by atoms with Crippen LogP contribution in [0.2, 0.25) is 0 Å². The second-order valence-electron chi connectivity index (χ2n) is 6.66. The van der Waals surface area contributed by atoms with E-state index in [0.29, 0.717) is 26.2 Å². The number of rotatable bonds is 6. The highest BCUT2D eigenvalue weighted by Crippen LogP contribution is 2.16. The van der Waals surface area contributed by atoms with Crippen LogP contribution >= 0.6 is 11.3 Å². The van der Waals surface area contributed by atoms with Crippen molar-refractivity contribution in [3.8, 4) is 0 Å². The van der Waals surface area contributed by atoms with Gasteiger partial charge in [0.15, 0.2) is 0 Å². The molecule has 1 N–H and O–H groups in total. The summed E-state index contributed by atoms with van der Waals surface area (Å²) in [5.41, 5.74) is 0. The zero-order valence-corrected chi connectivity index (χ0v) is 15.6. The first kappa shape index (κ1) is 18.4. The van der Waals surface area contributed by atoms with Crippen LogP contribution in [0.1, 0.15) is 24.6 Å². The lowest BCUT2D eigenvalue weighted by Crippen LogP contribution is -2.56. The molecule has 0 radical (unpaired) electrons. The topological polar surface area (TPSA) is 61.9 Å². The summed E-state index contributed by atoms with van der Waals surface area (Å²) in [4.78, 5) is 30.0. The fourth-order valence-electron chi connectivity index (χ4n) is 3.38. The maximum absolute atomic E-state index is 12.4. The number of piperazine rings is 1. The Hall–Kier alpha value is -1.44. The summed E-state index contributed by atoms with van der Waals surface area (Å²) >= 11 is 1.71. The van der Waals surface area contributed by atoms with Gasteiger partial charge in [0.1, 0.15) is 6.10 Å². The second-order valence-corrected chi connectivity index (χ2v) is 7.69. The van der Waals surface area contributed by atoms with Crippen molar-refractivity contribution in [3.63, 3.8) is 0 Å². The lowest BCUT2D eigenvalue weighted by Gasteiger charge is -2.38. The molecule has 0 aliphatic carbocycles. The molecular formula is C18H27N3O3S. The molecule has 2 fully saturated rings. The Morgan fingerprint density at radius 2 is 2.16 bits per heavy atom. The normalized spacial score (nSPS) is 22.8. The standard InChI is InChI=1S/C18H27N3O3S/c1-14(17(22)19-7-6-15-4-3-13-25-15)20-8-10-21(11-9-20)18(23)16-5-2-12-24-16/h3-4,13-14,16H,2,5-12H2,1H3,(H,19,22). The molecule has 0 saturated carbocycles. The molecule has 25 heavy (non-hydrogen) atoms. The Balaban J connectivity index is 1.39. The molecule has 1 aromatic rings. The van der Waals surface area contributed by atoms with Crippen molar-refractivity contribution in [2.24, 2.45) is 0 Å². The van der Waals surface area contributed by atoms with Crippen LogP contribution in [0.25, 0.3) is 0 Å². The van der Waals surface area contributed by atoms with Crippen molar-refractivity contribution < 1.29 is 14.3 Å². The molecule has 3 heterocycles. The van der Waals surface area contributed by atoms with E-state index in [1.807, 2.05) is 17.9 Å². The number of thiophene rings is 1. The first-order valence-corrected chi connectivity index (χ1v) is 9.97. The van der Waals surface area contributed by atoms with Crippen LogP contribution in [0.15, 0.2) is 17.5 Å². The highest BCUT2D eigenvalue weighted by Gasteiger charge is 2.32. The molecular weight excluding hydrogens is 338 g/mol. The Kier molecular flexibility index (Phi) is 6.45. The molecule has 2 aliphatic heterocycles. The number of nitrogens with one attached hydrogen (secondary N) is 1. The second kappa shape index (κ2) is 8.78. The SMILES string of the molecule is CC(C(=O)NCCc1cccs1)N1CCN(C(=O)C2CCCO2)CC1. The summed E-state index contributed by atoms with van der Waals surface area (Å²) in [5, 5.41) is 5.08. The van der Waals surface area contributed by atoms with Crippen LogP contribution in [-0.2, 0) is 20.7 Å². The van der Waals surface area contributed by atoms with Crippen LogP contribution in [0.4, 0.5) is 0 Å². The van der Waals surface area contributed by atoms with E-state index in [1.54, 1.807) is 11.3 Å². The van der Waals surface area contributed by atoms with Crippen molar-refractivity contribution in [1.82, 2.24) is 15.1 Å². The summed E-state index contributed by atoms with van der Waals surface area (Å²) in [5.74, 6) is 0.181. The minimum Gasteiger partial charge on any atom is -0.368 e. The summed E-state index contributed by atoms with van der Waals surface area (Å²) in [6.45, 7) is 6.12. The largest absolute Gasteiger partial charge is 0.368 e. The first-order chi connectivity index (χ1) is 12.1. The summed E-state index contributed by atoms with van der Waals surface area (Å²) < 4.78 is 5.49. The van der Waals surface area contributed by atoms with Crippen molar-refractivity contribution in [2.45, 2.75) is 38.3 Å². The zero-order valence-electron chi connectivity index (χ0n) is 14.8. The van der Waals surface area contributed by atoms with E-state index in [4.69, 9.17) is 4.74 Å². The maximum Gasteiger partial charge on any atom is 0.251 e. The third-order valence-corrected chi connectivity index (χ3v) is 5.95. The van der Waals surface area contributed by atoms with E-state index < -0.39 is 0 Å². The summed E-state index contributed by atoms with van der Waals surface area (Å²) in [7, 11) is 0. The number of hydrogen-bond acceptors (Lipinski definition) is 5. The Bertz CT molecular complexity index is 564. The van der Waals surface area contributed by atoms with E-state index in [0.717, 1.165) is 32.4 Å². The minimum atomic E-state index is -0.246. The van der Waals surface area contributed by atoms with Gasteiger partial charge in [-0.3, -0.25) is 14.5 Å². The third kappa shape index (κ3) is 4.80. The fraction of sp³-hybridized carbons (Fsp3) is 0.667. The van der Waals surface area contributed by atoms with Gasteiger partial charge >= 0.3 is 0 Å². The first-order valence-electron chi connectivity index (χ1n) is 9.09. The molecule has 2 amide bonds. The molecule has 138 valence electrons. The van der Waals surface area contributed by atoms with Gasteiger partial charge in [-0.2, -0.15) is 0 Å². The molecule has 6 nitrogen and oxygen atoms in total. The number of amides is 2. The highest BCUT2D eigenvalue weighted by atomic mass is 32.1. The Morgan fingerprint density at radius 1 is 1.36 bits per heavy atom. The quantitative estimate of drug-likeness (QED) is 0.821. The number of carbonyl (C=O) groups is 2. The van der Waals surface area contributed by atoms with E-state index >= 15 is 0 Å². The molecule has 0 bridgehead atoms. The lowest BCUT2D eigenvalue weighted by atomic mass is 10.1. The van der Waals surface area contributed by atoms with Gasteiger partial charge < -0.3 is 15.0 Å². The highest BCUT2D eigenvalue weighted by molar-refractivity contribution is 7.09. The van der Waals surface area contributed by atoms with Gasteiger partial charge in [-0.25, -0.2) is 0 Å². The van der Waals surface area contributed by atoms with Crippen molar-refractivity contribution in [1.29, 1.82) is 0 Å². The minimum absolute atomic E-state index is 0.0652. The van der Waals surface area contributed by atoms with Gasteiger partial charge in [0.25, 0.3) is 5.91 Å². The van der Waals surface area contributed by atoms with Gasteiger partial charge in [-0.05, 0) is 37.6 Å². The molecule has 1 aromatic heterocycles. The smallest absolute Gasteiger partial charge is 0.251 e. The summed E-state index contributed by atoms with van der Waals surface area (Å²) in [6.07, 6.45) is 2.44. The summed E-state index contributed by atoms with van der Waals surface area (Å²) in [6, 6.07) is 3.95. The Labute approximate surface area is 153 Å². The number of carbonyl (C=O) groups excluding carboxylic acids is 2. The molecule has 2 aliphatic rings. The molecule has 3 rings (SSSR count). The average Bonchev–Trinajstić information content (AvgIpc) is 3.34. The van der Waals surface area contributed by atoms with Crippen molar-refractivity contribution >= 4 is 23.2 Å². The predicted molar refractivity (Wildman–Crippen MR) is 97.6 cm³/mol. The van der Waals surface area contributed by atoms with Crippen molar-refractivity contribution in [3.05, 3.63) is 22.4 Å². The van der Waals surface area contributed by atoms with Crippen LogP contribution < -0.4 is 5.32 Å². The van der Waals surface area contributed by atoms with Gasteiger partial charge in [-0.1, -0.05) is 6.07 Å². The van der Waals surface area contributed by atoms with Crippen LogP contribution in [0.3, 0.4) is 0 Å². The van der Waals surface area contributed by atoms with Crippen LogP contribution in [-0.4, -0.2) is 73.1 Å². The molecule has 2 atom stereocenters. The lowest BCUT2D eigenvalue weighted by molar-refractivity contribution is -0.143. The van der Waals surface area contributed by atoms with E-state index in [9.17, 15) is 9.59 Å². The predicted octanol–water partition coefficient (Wildman–Crippen LogP) is 1.12. The number of nitrogens with zero attached hydrogens (tertiary/aromatic N) is 2. The average molecular weight is 365 g/mol. The van der Waals surface area contributed by atoms with Gasteiger partial charge in [0, 0.05) is 44.2 Å². The van der Waals surface area contributed by atoms with E-state index in [-0.39, 0.29) is 24.0 Å². The maximum atomic E-state index is 12.4. The fourth-order valence-corrected chi connectivity index (χ4v) is 4.09.